The van der Waals surface area contributed by atoms with E-state index in [9.17, 15) is 14.9 Å². The van der Waals surface area contributed by atoms with Gasteiger partial charge in [0.15, 0.2) is 0 Å². The Morgan fingerprint density at radius 2 is 1.96 bits per heavy atom. The minimum Gasteiger partial charge on any atom is -0.481 e. The van der Waals surface area contributed by atoms with Gasteiger partial charge in [-0.2, -0.15) is 9.97 Å². The zero-order valence-electron chi connectivity index (χ0n) is 13.7. The van der Waals surface area contributed by atoms with Crippen LogP contribution in [0.2, 0.25) is 5.02 Å². The highest BCUT2D eigenvalue weighted by molar-refractivity contribution is 8.00. The maximum atomic E-state index is 12.5. The molecular formula is C15H13ClN4O5S. The highest BCUT2D eigenvalue weighted by atomic mass is 35.5. The Bertz CT molecular complexity index is 859. The number of nitro groups is 1. The molecule has 1 aromatic carbocycles. The summed E-state index contributed by atoms with van der Waals surface area (Å²) in [5.41, 5.74) is 0.0463. The molecule has 1 aliphatic heterocycles. The van der Waals surface area contributed by atoms with E-state index in [1.807, 2.05) is 0 Å². The number of aromatic nitrogens is 2. The van der Waals surface area contributed by atoms with Crippen molar-refractivity contribution >= 4 is 40.9 Å². The summed E-state index contributed by atoms with van der Waals surface area (Å²) in [6.45, 7) is 0. The first kappa shape index (κ1) is 18.2. The first-order valence-corrected chi connectivity index (χ1v) is 8.72. The van der Waals surface area contributed by atoms with E-state index in [0.717, 1.165) is 0 Å². The van der Waals surface area contributed by atoms with Crippen molar-refractivity contribution in [3.63, 3.8) is 0 Å². The number of benzene rings is 1. The largest absolute Gasteiger partial charge is 0.481 e. The van der Waals surface area contributed by atoms with Crippen LogP contribution in [-0.4, -0.2) is 40.8 Å². The van der Waals surface area contributed by atoms with Crippen molar-refractivity contribution in [2.45, 2.75) is 5.37 Å². The average Bonchev–Trinajstić information content (AvgIpc) is 3.01. The summed E-state index contributed by atoms with van der Waals surface area (Å²) in [6, 6.07) is 5.83. The van der Waals surface area contributed by atoms with Crippen LogP contribution in [0.3, 0.4) is 0 Å². The quantitative estimate of drug-likeness (QED) is 0.560. The van der Waals surface area contributed by atoms with Crippen LogP contribution in [0.4, 0.5) is 11.6 Å². The van der Waals surface area contributed by atoms with Crippen molar-refractivity contribution in [3.05, 3.63) is 45.0 Å². The second-order valence-electron chi connectivity index (χ2n) is 5.11. The second-order valence-corrected chi connectivity index (χ2v) is 6.59. The minimum atomic E-state index is -0.742. The topological polar surface area (TPSA) is 108 Å². The predicted octanol–water partition coefficient (Wildman–Crippen LogP) is 2.83. The smallest absolute Gasteiger partial charge is 0.277 e. The molecule has 1 atom stereocenters. The molecule has 0 bridgehead atoms. The van der Waals surface area contributed by atoms with Gasteiger partial charge >= 0.3 is 0 Å². The number of nitrogens with zero attached hydrogens (tertiary/aromatic N) is 4. The van der Waals surface area contributed by atoms with Crippen LogP contribution >= 0.6 is 23.4 Å². The molecule has 2 aromatic rings. The van der Waals surface area contributed by atoms with Gasteiger partial charge < -0.3 is 9.47 Å². The molecule has 0 aliphatic carbocycles. The number of ether oxygens (including phenoxy) is 2. The molecule has 0 saturated carbocycles. The van der Waals surface area contributed by atoms with E-state index >= 15 is 0 Å². The highest BCUT2D eigenvalue weighted by Crippen LogP contribution is 2.46. The van der Waals surface area contributed by atoms with Gasteiger partial charge in [-0.1, -0.05) is 17.7 Å². The minimum absolute atomic E-state index is 0.0235. The number of halogens is 1. The lowest BCUT2D eigenvalue weighted by Gasteiger charge is -2.23. The number of amides is 1. The van der Waals surface area contributed by atoms with Gasteiger partial charge in [0.1, 0.15) is 5.37 Å². The van der Waals surface area contributed by atoms with E-state index in [2.05, 4.69) is 9.97 Å². The second kappa shape index (κ2) is 7.34. The van der Waals surface area contributed by atoms with E-state index in [1.165, 1.54) is 49.1 Å². The van der Waals surface area contributed by atoms with Gasteiger partial charge in [-0.25, -0.2) is 0 Å². The lowest BCUT2D eigenvalue weighted by atomic mass is 10.1. The maximum absolute atomic E-state index is 12.5. The van der Waals surface area contributed by atoms with Crippen molar-refractivity contribution in [2.24, 2.45) is 0 Å². The molecule has 9 nitrogen and oxygen atoms in total. The van der Waals surface area contributed by atoms with Crippen LogP contribution in [0.1, 0.15) is 10.9 Å². The number of hydrogen-bond acceptors (Lipinski definition) is 8. The van der Waals surface area contributed by atoms with Crippen molar-refractivity contribution in [2.75, 3.05) is 24.9 Å². The molecular weight excluding hydrogens is 384 g/mol. The number of carbonyl (C=O) groups excluding carboxylic acids is 1. The first-order valence-electron chi connectivity index (χ1n) is 7.29. The fourth-order valence-electron chi connectivity index (χ4n) is 2.49. The fourth-order valence-corrected chi connectivity index (χ4v) is 4.04. The normalized spacial score (nSPS) is 16.7. The van der Waals surface area contributed by atoms with Crippen LogP contribution in [-0.2, 0) is 4.79 Å². The lowest BCUT2D eigenvalue weighted by Crippen LogP contribution is -2.30. The highest BCUT2D eigenvalue weighted by Gasteiger charge is 2.41. The van der Waals surface area contributed by atoms with E-state index < -0.39 is 10.3 Å². The fraction of sp³-hybridized carbons (Fsp3) is 0.267. The Morgan fingerprint density at radius 3 is 2.54 bits per heavy atom. The molecule has 26 heavy (non-hydrogen) atoms. The summed E-state index contributed by atoms with van der Waals surface area (Å²) in [5, 5.41) is 10.9. The van der Waals surface area contributed by atoms with E-state index in [-0.39, 0.29) is 45.6 Å². The number of carbonyl (C=O) groups is 1. The zero-order chi connectivity index (χ0) is 18.8. The molecule has 0 spiro atoms. The Kier molecular flexibility index (Phi) is 5.14. The van der Waals surface area contributed by atoms with Crippen molar-refractivity contribution in [1.29, 1.82) is 0 Å². The molecule has 1 aromatic heterocycles. The molecule has 1 amide bonds. The van der Waals surface area contributed by atoms with Gasteiger partial charge in [0.2, 0.25) is 23.6 Å². The molecule has 0 radical (unpaired) electrons. The van der Waals surface area contributed by atoms with Crippen LogP contribution in [0.15, 0.2) is 24.3 Å². The predicted molar refractivity (Wildman–Crippen MR) is 95.9 cm³/mol. The first-order chi connectivity index (χ1) is 12.5. The Morgan fingerprint density at radius 1 is 1.31 bits per heavy atom. The third kappa shape index (κ3) is 3.25. The van der Waals surface area contributed by atoms with Gasteiger partial charge in [0.05, 0.1) is 41.5 Å². The SMILES string of the molecule is COc1cc(OC)nc(N2C(=O)CSC2c2c(Cl)cccc2[N+](=O)[O-])n1. The van der Waals surface area contributed by atoms with Gasteiger partial charge in [-0.05, 0) is 6.07 Å². The number of nitro benzene ring substituents is 1. The summed E-state index contributed by atoms with van der Waals surface area (Å²) in [5.74, 6) is 0.225. The van der Waals surface area contributed by atoms with Crippen molar-refractivity contribution in [1.82, 2.24) is 9.97 Å². The molecule has 1 saturated heterocycles. The Hall–Kier alpha value is -2.59. The van der Waals surface area contributed by atoms with Crippen LogP contribution in [0.5, 0.6) is 11.8 Å². The summed E-state index contributed by atoms with van der Waals surface area (Å²) in [7, 11) is 2.84. The molecule has 2 heterocycles. The van der Waals surface area contributed by atoms with Gasteiger partial charge in [-0.3, -0.25) is 19.8 Å². The average molecular weight is 397 g/mol. The third-order valence-electron chi connectivity index (χ3n) is 3.64. The summed E-state index contributed by atoms with van der Waals surface area (Å²) >= 11 is 7.43. The van der Waals surface area contributed by atoms with E-state index in [1.54, 1.807) is 6.07 Å². The Balaban J connectivity index is 2.14. The van der Waals surface area contributed by atoms with Crippen molar-refractivity contribution < 1.29 is 19.2 Å². The van der Waals surface area contributed by atoms with Crippen LogP contribution in [0.25, 0.3) is 0 Å². The van der Waals surface area contributed by atoms with Crippen LogP contribution in [0, 0.1) is 10.1 Å². The molecule has 1 unspecified atom stereocenters. The zero-order valence-corrected chi connectivity index (χ0v) is 15.3. The van der Waals surface area contributed by atoms with Gasteiger partial charge in [-0.15, -0.1) is 11.8 Å². The molecule has 3 rings (SSSR count). The number of anilines is 1. The van der Waals surface area contributed by atoms with Gasteiger partial charge in [0.25, 0.3) is 5.69 Å². The third-order valence-corrected chi connectivity index (χ3v) is 5.15. The van der Waals surface area contributed by atoms with E-state index in [4.69, 9.17) is 21.1 Å². The molecule has 11 heteroatoms. The molecule has 136 valence electrons. The standard InChI is InChI=1S/C15H13ClN4O5S/c1-24-10-6-11(25-2)18-15(17-10)19-12(21)7-26-14(19)13-8(16)4-3-5-9(13)20(22)23/h3-6,14H,7H2,1-2H3. The number of hydrogen-bond donors (Lipinski definition) is 0. The summed E-state index contributed by atoms with van der Waals surface area (Å²) < 4.78 is 10.2. The molecule has 1 fully saturated rings. The number of rotatable bonds is 5. The van der Waals surface area contributed by atoms with Gasteiger partial charge in [0, 0.05) is 6.07 Å². The number of methoxy groups -OCH3 is 2. The maximum Gasteiger partial charge on any atom is 0.277 e. The monoisotopic (exact) mass is 396 g/mol. The number of thioether (sulfide) groups is 1. The molecule has 1 aliphatic rings. The molecule has 0 N–H and O–H groups in total. The summed E-state index contributed by atoms with van der Waals surface area (Å²) in [6.07, 6.45) is 0. The van der Waals surface area contributed by atoms with Crippen molar-refractivity contribution in [3.8, 4) is 11.8 Å². The lowest BCUT2D eigenvalue weighted by molar-refractivity contribution is -0.385. The Labute approximate surface area is 157 Å². The van der Waals surface area contributed by atoms with E-state index in [0.29, 0.717) is 0 Å². The summed E-state index contributed by atoms with van der Waals surface area (Å²) in [4.78, 5) is 33.0. The van der Waals surface area contributed by atoms with Crippen LogP contribution < -0.4 is 14.4 Å².